The molecular formula is C24H27F3O. The second kappa shape index (κ2) is 9.31. The molecule has 0 aliphatic heterocycles. The minimum atomic E-state index is -0.739. The lowest BCUT2D eigenvalue weighted by Gasteiger charge is -2.29. The minimum Gasteiger partial charge on any atom is -0.489 e. The first-order valence-electron chi connectivity index (χ1n) is 9.96. The molecule has 0 spiro atoms. The zero-order valence-electron chi connectivity index (χ0n) is 16.3. The Bertz CT molecular complexity index is 823. The summed E-state index contributed by atoms with van der Waals surface area (Å²) in [4.78, 5) is 0. The summed E-state index contributed by atoms with van der Waals surface area (Å²) in [5.41, 5.74) is 1.53. The fourth-order valence-electron chi connectivity index (χ4n) is 4.08. The van der Waals surface area contributed by atoms with Gasteiger partial charge in [0.1, 0.15) is 18.2 Å². The van der Waals surface area contributed by atoms with Crippen LogP contribution in [0, 0.1) is 30.3 Å². The molecule has 150 valence electrons. The van der Waals surface area contributed by atoms with E-state index in [1.165, 1.54) is 6.07 Å². The topological polar surface area (TPSA) is 9.23 Å². The maximum Gasteiger partial charge on any atom is 0.162 e. The van der Waals surface area contributed by atoms with Crippen molar-refractivity contribution in [3.63, 3.8) is 0 Å². The van der Waals surface area contributed by atoms with Gasteiger partial charge in [-0.05, 0) is 80.0 Å². The first kappa shape index (κ1) is 20.5. The Morgan fingerprint density at radius 3 is 2.46 bits per heavy atom. The molecule has 3 rings (SSSR count). The van der Waals surface area contributed by atoms with Crippen LogP contribution in [0.5, 0.6) is 5.75 Å². The lowest BCUT2D eigenvalue weighted by molar-refractivity contribution is 0.304. The van der Waals surface area contributed by atoms with Gasteiger partial charge in [0.15, 0.2) is 11.6 Å². The summed E-state index contributed by atoms with van der Waals surface area (Å²) < 4.78 is 47.6. The Labute approximate surface area is 165 Å². The van der Waals surface area contributed by atoms with E-state index in [0.29, 0.717) is 35.8 Å². The van der Waals surface area contributed by atoms with Gasteiger partial charge in [-0.2, -0.15) is 0 Å². The molecule has 28 heavy (non-hydrogen) atoms. The third-order valence-corrected chi connectivity index (χ3v) is 5.80. The van der Waals surface area contributed by atoms with Crippen molar-refractivity contribution in [3.8, 4) is 5.75 Å². The van der Waals surface area contributed by atoms with Crippen molar-refractivity contribution in [3.05, 3.63) is 77.1 Å². The van der Waals surface area contributed by atoms with Crippen LogP contribution in [-0.2, 0) is 6.42 Å². The Balaban J connectivity index is 1.53. The van der Waals surface area contributed by atoms with Gasteiger partial charge in [0, 0.05) is 6.07 Å². The Morgan fingerprint density at radius 2 is 1.79 bits per heavy atom. The molecule has 1 aliphatic rings. The monoisotopic (exact) mass is 388 g/mol. The molecule has 1 aliphatic carbocycles. The van der Waals surface area contributed by atoms with Gasteiger partial charge in [-0.15, -0.1) is 0 Å². The lowest BCUT2D eigenvalue weighted by atomic mass is 9.76. The maximum absolute atomic E-state index is 14.5. The molecule has 1 nitrogen and oxygen atoms in total. The molecule has 0 unspecified atom stereocenters. The van der Waals surface area contributed by atoms with Crippen LogP contribution in [-0.4, -0.2) is 6.61 Å². The van der Waals surface area contributed by atoms with Gasteiger partial charge in [-0.25, -0.2) is 13.2 Å². The van der Waals surface area contributed by atoms with E-state index in [1.54, 1.807) is 25.1 Å². The van der Waals surface area contributed by atoms with Gasteiger partial charge in [0.05, 0.1) is 0 Å². The SMILES string of the molecule is C=CCOc1ccc(C2CCC(CCc3ccc(C)c(F)c3F)CC2)c(F)c1. The Hall–Kier alpha value is -2.23. The predicted molar refractivity (Wildman–Crippen MR) is 106 cm³/mol. The highest BCUT2D eigenvalue weighted by Crippen LogP contribution is 2.39. The molecule has 4 heteroatoms. The Morgan fingerprint density at radius 1 is 1.04 bits per heavy atom. The van der Waals surface area contributed by atoms with Crippen LogP contribution in [0.2, 0.25) is 0 Å². The van der Waals surface area contributed by atoms with Crippen molar-refractivity contribution in [2.24, 2.45) is 5.92 Å². The normalized spacial score (nSPS) is 19.4. The highest BCUT2D eigenvalue weighted by Gasteiger charge is 2.25. The van der Waals surface area contributed by atoms with Crippen LogP contribution in [0.1, 0.15) is 54.7 Å². The molecule has 0 atom stereocenters. The van der Waals surface area contributed by atoms with Crippen molar-refractivity contribution >= 4 is 0 Å². The average Bonchev–Trinajstić information content (AvgIpc) is 2.70. The summed E-state index contributed by atoms with van der Waals surface area (Å²) in [5.74, 6) is -0.479. The zero-order chi connectivity index (χ0) is 20.1. The van der Waals surface area contributed by atoms with Crippen molar-refractivity contribution in [2.45, 2.75) is 51.4 Å². The molecule has 1 saturated carbocycles. The molecule has 0 heterocycles. The fraction of sp³-hybridized carbons (Fsp3) is 0.417. The summed E-state index contributed by atoms with van der Waals surface area (Å²) in [6.45, 7) is 5.51. The number of aryl methyl sites for hydroxylation is 2. The molecule has 2 aromatic rings. The highest BCUT2D eigenvalue weighted by molar-refractivity contribution is 5.31. The smallest absolute Gasteiger partial charge is 0.162 e. The van der Waals surface area contributed by atoms with Crippen molar-refractivity contribution in [2.75, 3.05) is 6.61 Å². The molecule has 0 aromatic heterocycles. The summed E-state index contributed by atoms with van der Waals surface area (Å²) in [5, 5.41) is 0. The van der Waals surface area contributed by atoms with Crippen LogP contribution in [0.4, 0.5) is 13.2 Å². The summed E-state index contributed by atoms with van der Waals surface area (Å²) in [7, 11) is 0. The summed E-state index contributed by atoms with van der Waals surface area (Å²) >= 11 is 0. The number of hydrogen-bond donors (Lipinski definition) is 0. The van der Waals surface area contributed by atoms with Crippen LogP contribution in [0.3, 0.4) is 0 Å². The predicted octanol–water partition coefficient (Wildman–Crippen LogP) is 6.88. The van der Waals surface area contributed by atoms with E-state index in [0.717, 1.165) is 37.7 Å². The molecule has 0 N–H and O–H groups in total. The number of hydrogen-bond acceptors (Lipinski definition) is 1. The molecule has 0 bridgehead atoms. The van der Waals surface area contributed by atoms with Gasteiger partial charge in [-0.3, -0.25) is 0 Å². The van der Waals surface area contributed by atoms with E-state index in [9.17, 15) is 13.2 Å². The minimum absolute atomic E-state index is 0.207. The molecule has 1 fully saturated rings. The molecule has 0 saturated heterocycles. The number of rotatable bonds is 7. The van der Waals surface area contributed by atoms with E-state index < -0.39 is 11.6 Å². The molecule has 0 amide bonds. The van der Waals surface area contributed by atoms with Crippen LogP contribution in [0.25, 0.3) is 0 Å². The summed E-state index contributed by atoms with van der Waals surface area (Å²) in [6, 6.07) is 8.39. The number of benzene rings is 2. The van der Waals surface area contributed by atoms with Gasteiger partial charge in [0.2, 0.25) is 0 Å². The second-order valence-corrected chi connectivity index (χ2v) is 7.71. The largest absolute Gasteiger partial charge is 0.489 e. The average molecular weight is 388 g/mol. The molecule has 2 aromatic carbocycles. The summed E-state index contributed by atoms with van der Waals surface area (Å²) in [6.07, 6.45) is 6.80. The van der Waals surface area contributed by atoms with Gasteiger partial charge < -0.3 is 4.74 Å². The van der Waals surface area contributed by atoms with E-state index in [1.807, 2.05) is 12.1 Å². The van der Waals surface area contributed by atoms with Crippen LogP contribution < -0.4 is 4.74 Å². The van der Waals surface area contributed by atoms with E-state index >= 15 is 0 Å². The Kier molecular flexibility index (Phi) is 6.82. The quantitative estimate of drug-likeness (QED) is 0.470. The van der Waals surface area contributed by atoms with E-state index in [-0.39, 0.29) is 11.7 Å². The zero-order valence-corrected chi connectivity index (χ0v) is 16.3. The molecular weight excluding hydrogens is 361 g/mol. The first-order chi connectivity index (χ1) is 13.5. The number of halogens is 3. The standard InChI is InChI=1S/C24H27F3O/c1-3-14-28-20-12-13-21(22(25)15-20)18-9-5-17(6-10-18)7-11-19-8-4-16(2)23(26)24(19)27/h3-4,8,12-13,15,17-18H,1,5-7,9-11,14H2,2H3. The maximum atomic E-state index is 14.5. The second-order valence-electron chi connectivity index (χ2n) is 7.71. The van der Waals surface area contributed by atoms with E-state index in [4.69, 9.17) is 4.74 Å². The van der Waals surface area contributed by atoms with Crippen LogP contribution in [0.15, 0.2) is 43.0 Å². The third-order valence-electron chi connectivity index (χ3n) is 5.80. The van der Waals surface area contributed by atoms with Crippen molar-refractivity contribution in [1.82, 2.24) is 0 Å². The van der Waals surface area contributed by atoms with Crippen LogP contribution >= 0.6 is 0 Å². The fourth-order valence-corrected chi connectivity index (χ4v) is 4.08. The lowest BCUT2D eigenvalue weighted by Crippen LogP contribution is -2.15. The molecule has 0 radical (unpaired) electrons. The van der Waals surface area contributed by atoms with E-state index in [2.05, 4.69) is 6.58 Å². The first-order valence-corrected chi connectivity index (χ1v) is 9.96. The van der Waals surface area contributed by atoms with Crippen molar-refractivity contribution in [1.29, 1.82) is 0 Å². The third kappa shape index (κ3) is 4.78. The highest BCUT2D eigenvalue weighted by atomic mass is 19.2. The van der Waals surface area contributed by atoms with Gasteiger partial charge in [-0.1, -0.05) is 30.9 Å². The number of ether oxygens (including phenoxy) is 1. The van der Waals surface area contributed by atoms with Gasteiger partial charge in [0.25, 0.3) is 0 Å². The van der Waals surface area contributed by atoms with Gasteiger partial charge >= 0.3 is 0 Å². The van der Waals surface area contributed by atoms with Crippen molar-refractivity contribution < 1.29 is 17.9 Å².